The van der Waals surface area contributed by atoms with E-state index in [9.17, 15) is 14.4 Å². The molecule has 7 nitrogen and oxygen atoms in total. The van der Waals surface area contributed by atoms with Crippen LogP contribution in [0.5, 0.6) is 0 Å². The fourth-order valence-electron chi connectivity index (χ4n) is 2.67. The molecule has 1 heterocycles. The van der Waals surface area contributed by atoms with E-state index in [1.807, 2.05) is 24.3 Å². The van der Waals surface area contributed by atoms with E-state index in [-0.39, 0.29) is 11.8 Å². The second-order valence-electron chi connectivity index (χ2n) is 5.85. The van der Waals surface area contributed by atoms with Crippen LogP contribution in [-0.2, 0) is 9.59 Å². The normalized spacial score (nSPS) is 13.8. The SMILES string of the molecule is NC(=O)NCCCCCC(=O)Nc1ccc(N2CCCC2=O)cc1. The number of benzene rings is 1. The van der Waals surface area contributed by atoms with Crippen LogP contribution in [0.2, 0.25) is 0 Å². The fraction of sp³-hybridized carbons (Fsp3) is 0.471. The molecule has 7 heteroatoms. The van der Waals surface area contributed by atoms with Gasteiger partial charge in [0, 0.05) is 37.3 Å². The Kier molecular flexibility index (Phi) is 6.60. The number of hydrogen-bond acceptors (Lipinski definition) is 3. The van der Waals surface area contributed by atoms with Crippen LogP contribution in [0.25, 0.3) is 0 Å². The van der Waals surface area contributed by atoms with Gasteiger partial charge in [0.25, 0.3) is 0 Å². The zero-order valence-corrected chi connectivity index (χ0v) is 13.7. The van der Waals surface area contributed by atoms with Gasteiger partial charge in [0.15, 0.2) is 0 Å². The van der Waals surface area contributed by atoms with Gasteiger partial charge in [-0.3, -0.25) is 9.59 Å². The molecule has 24 heavy (non-hydrogen) atoms. The molecular formula is C17H24N4O3. The molecule has 0 atom stereocenters. The predicted octanol–water partition coefficient (Wildman–Crippen LogP) is 1.98. The molecule has 0 bridgehead atoms. The first-order chi connectivity index (χ1) is 11.6. The quantitative estimate of drug-likeness (QED) is 0.634. The van der Waals surface area contributed by atoms with E-state index < -0.39 is 6.03 Å². The standard InChI is InChI=1S/C17H24N4O3/c18-17(24)19-11-3-1-2-5-15(22)20-13-7-9-14(10-8-13)21-12-4-6-16(21)23/h7-10H,1-6,11-12H2,(H,20,22)(H3,18,19,24). The highest BCUT2D eigenvalue weighted by atomic mass is 16.2. The summed E-state index contributed by atoms with van der Waals surface area (Å²) < 4.78 is 0. The molecule has 0 aliphatic carbocycles. The Morgan fingerprint density at radius 3 is 2.50 bits per heavy atom. The molecule has 0 unspecified atom stereocenters. The number of nitrogens with two attached hydrogens (primary N) is 1. The molecule has 1 aromatic carbocycles. The van der Waals surface area contributed by atoms with Crippen molar-refractivity contribution in [2.24, 2.45) is 5.73 Å². The number of unbranched alkanes of at least 4 members (excludes halogenated alkanes) is 2. The summed E-state index contributed by atoms with van der Waals surface area (Å²) in [5.74, 6) is 0.112. The molecule has 1 aromatic rings. The third kappa shape index (κ3) is 5.57. The van der Waals surface area contributed by atoms with Gasteiger partial charge < -0.3 is 21.3 Å². The van der Waals surface area contributed by atoms with Gasteiger partial charge in [-0.15, -0.1) is 0 Å². The van der Waals surface area contributed by atoms with E-state index in [0.717, 1.165) is 43.6 Å². The van der Waals surface area contributed by atoms with Gasteiger partial charge >= 0.3 is 6.03 Å². The van der Waals surface area contributed by atoms with E-state index in [1.165, 1.54) is 0 Å². The van der Waals surface area contributed by atoms with Crippen LogP contribution in [0.3, 0.4) is 0 Å². The van der Waals surface area contributed by atoms with Crippen molar-refractivity contribution in [2.75, 3.05) is 23.3 Å². The molecule has 1 aliphatic rings. The van der Waals surface area contributed by atoms with Crippen molar-refractivity contribution in [3.05, 3.63) is 24.3 Å². The zero-order valence-electron chi connectivity index (χ0n) is 13.7. The summed E-state index contributed by atoms with van der Waals surface area (Å²) in [7, 11) is 0. The minimum Gasteiger partial charge on any atom is -0.352 e. The lowest BCUT2D eigenvalue weighted by molar-refractivity contribution is -0.117. The van der Waals surface area contributed by atoms with E-state index in [4.69, 9.17) is 5.73 Å². The average molecular weight is 332 g/mol. The molecule has 0 saturated carbocycles. The number of carbonyl (C=O) groups excluding carboxylic acids is 3. The number of rotatable bonds is 8. The number of nitrogens with one attached hydrogen (secondary N) is 2. The third-order valence-corrected chi connectivity index (χ3v) is 3.92. The molecule has 1 saturated heterocycles. The second-order valence-corrected chi connectivity index (χ2v) is 5.85. The molecule has 1 fully saturated rings. The van der Waals surface area contributed by atoms with E-state index >= 15 is 0 Å². The van der Waals surface area contributed by atoms with Crippen molar-refractivity contribution in [1.82, 2.24) is 5.32 Å². The maximum atomic E-state index is 11.9. The summed E-state index contributed by atoms with van der Waals surface area (Å²) in [4.78, 5) is 35.8. The van der Waals surface area contributed by atoms with Gasteiger partial charge in [-0.05, 0) is 43.5 Å². The van der Waals surface area contributed by atoms with Crippen LogP contribution in [0, 0.1) is 0 Å². The minimum absolute atomic E-state index is 0.0390. The third-order valence-electron chi connectivity index (χ3n) is 3.92. The Bertz CT molecular complexity index is 586. The Balaban J connectivity index is 1.68. The molecule has 0 spiro atoms. The van der Waals surface area contributed by atoms with Crippen LogP contribution in [0.1, 0.15) is 38.5 Å². The van der Waals surface area contributed by atoms with Gasteiger partial charge in [-0.1, -0.05) is 6.42 Å². The minimum atomic E-state index is -0.521. The second kappa shape index (κ2) is 8.90. The van der Waals surface area contributed by atoms with Crippen molar-refractivity contribution in [3.63, 3.8) is 0 Å². The number of nitrogens with zero attached hydrogens (tertiary/aromatic N) is 1. The largest absolute Gasteiger partial charge is 0.352 e. The lowest BCUT2D eigenvalue weighted by Gasteiger charge is -2.16. The first-order valence-corrected chi connectivity index (χ1v) is 8.30. The zero-order chi connectivity index (χ0) is 17.4. The van der Waals surface area contributed by atoms with Crippen molar-refractivity contribution in [1.29, 1.82) is 0 Å². The van der Waals surface area contributed by atoms with Crippen molar-refractivity contribution >= 4 is 29.2 Å². The van der Waals surface area contributed by atoms with Gasteiger partial charge in [-0.25, -0.2) is 4.79 Å². The number of primary amides is 1. The summed E-state index contributed by atoms with van der Waals surface area (Å²) in [5.41, 5.74) is 6.56. The van der Waals surface area contributed by atoms with Crippen LogP contribution in [0.4, 0.5) is 16.2 Å². The van der Waals surface area contributed by atoms with E-state index in [1.54, 1.807) is 4.90 Å². The molecule has 2 rings (SSSR count). The Hall–Kier alpha value is -2.57. The number of hydrogen-bond donors (Lipinski definition) is 3. The Morgan fingerprint density at radius 1 is 1.12 bits per heavy atom. The van der Waals surface area contributed by atoms with Crippen molar-refractivity contribution in [2.45, 2.75) is 38.5 Å². The van der Waals surface area contributed by atoms with Gasteiger partial charge in [-0.2, -0.15) is 0 Å². The number of urea groups is 1. The molecule has 0 aromatic heterocycles. The summed E-state index contributed by atoms with van der Waals surface area (Å²) in [5, 5.41) is 5.36. The number of amides is 4. The maximum absolute atomic E-state index is 11.9. The monoisotopic (exact) mass is 332 g/mol. The predicted molar refractivity (Wildman–Crippen MR) is 92.7 cm³/mol. The maximum Gasteiger partial charge on any atom is 0.312 e. The van der Waals surface area contributed by atoms with Crippen LogP contribution >= 0.6 is 0 Å². The van der Waals surface area contributed by atoms with Crippen LogP contribution in [-0.4, -0.2) is 30.9 Å². The van der Waals surface area contributed by atoms with Crippen molar-refractivity contribution < 1.29 is 14.4 Å². The van der Waals surface area contributed by atoms with Gasteiger partial charge in [0.05, 0.1) is 0 Å². The van der Waals surface area contributed by atoms with Crippen LogP contribution in [0.15, 0.2) is 24.3 Å². The van der Waals surface area contributed by atoms with Gasteiger partial charge in [0.1, 0.15) is 0 Å². The smallest absolute Gasteiger partial charge is 0.312 e. The molecule has 130 valence electrons. The highest BCUT2D eigenvalue weighted by Gasteiger charge is 2.21. The van der Waals surface area contributed by atoms with E-state index in [0.29, 0.717) is 19.4 Å². The van der Waals surface area contributed by atoms with Crippen molar-refractivity contribution in [3.8, 4) is 0 Å². The Labute approximate surface area is 141 Å². The summed E-state index contributed by atoms with van der Waals surface area (Å²) in [6, 6.07) is 6.82. The number of carbonyl (C=O) groups is 3. The number of anilines is 2. The molecular weight excluding hydrogens is 308 g/mol. The first kappa shape index (κ1) is 17.8. The lowest BCUT2D eigenvalue weighted by atomic mass is 10.2. The molecule has 1 aliphatic heterocycles. The fourth-order valence-corrected chi connectivity index (χ4v) is 2.67. The highest BCUT2D eigenvalue weighted by molar-refractivity contribution is 5.96. The molecule has 4 N–H and O–H groups in total. The highest BCUT2D eigenvalue weighted by Crippen LogP contribution is 2.23. The summed E-state index contributed by atoms with van der Waals surface area (Å²) in [6.07, 6.45) is 4.34. The topological polar surface area (TPSA) is 105 Å². The lowest BCUT2D eigenvalue weighted by Crippen LogP contribution is -2.29. The summed E-state index contributed by atoms with van der Waals surface area (Å²) in [6.45, 7) is 1.29. The van der Waals surface area contributed by atoms with Crippen LogP contribution < -0.4 is 21.3 Å². The van der Waals surface area contributed by atoms with E-state index in [2.05, 4.69) is 10.6 Å². The summed E-state index contributed by atoms with van der Waals surface area (Å²) >= 11 is 0. The first-order valence-electron chi connectivity index (χ1n) is 8.30. The average Bonchev–Trinajstić information content (AvgIpc) is 2.97. The molecule has 4 amide bonds. The Morgan fingerprint density at radius 2 is 1.88 bits per heavy atom. The van der Waals surface area contributed by atoms with Gasteiger partial charge in [0.2, 0.25) is 11.8 Å². The molecule has 0 radical (unpaired) electrons.